The second kappa shape index (κ2) is 6.35. The summed E-state index contributed by atoms with van der Waals surface area (Å²) < 4.78 is 5.87. The summed E-state index contributed by atoms with van der Waals surface area (Å²) in [6.07, 6.45) is 0. The highest BCUT2D eigenvalue weighted by Gasteiger charge is 2.38. The number of hydrogen-bond donors (Lipinski definition) is 1. The van der Waals surface area contributed by atoms with Gasteiger partial charge in [-0.25, -0.2) is 4.90 Å². The van der Waals surface area contributed by atoms with Crippen molar-refractivity contribution in [2.45, 2.75) is 6.61 Å². The molecular formula is C22H15N3O3. The van der Waals surface area contributed by atoms with E-state index in [0.717, 1.165) is 16.0 Å². The molecule has 0 saturated heterocycles. The van der Waals surface area contributed by atoms with Gasteiger partial charge in [-0.3, -0.25) is 14.7 Å². The summed E-state index contributed by atoms with van der Waals surface area (Å²) in [6, 6.07) is 22.1. The van der Waals surface area contributed by atoms with E-state index < -0.39 is 0 Å². The number of nitrogens with one attached hydrogen (secondary N) is 1. The van der Waals surface area contributed by atoms with E-state index in [0.29, 0.717) is 28.9 Å². The number of imide groups is 1. The van der Waals surface area contributed by atoms with Crippen LogP contribution in [0.25, 0.3) is 10.9 Å². The SMILES string of the molecule is O=C1c2ccccc2C(=O)N1c1n[nH]c2ccc(OCc3ccccc3)cc12. The van der Waals surface area contributed by atoms with Gasteiger partial charge in [-0.1, -0.05) is 42.5 Å². The zero-order valence-corrected chi connectivity index (χ0v) is 14.8. The Morgan fingerprint density at radius 3 is 2.25 bits per heavy atom. The minimum atomic E-state index is -0.371. The van der Waals surface area contributed by atoms with Crippen molar-refractivity contribution in [1.82, 2.24) is 10.2 Å². The van der Waals surface area contributed by atoms with Crippen LogP contribution in [0.15, 0.2) is 72.8 Å². The molecule has 5 rings (SSSR count). The van der Waals surface area contributed by atoms with Crippen molar-refractivity contribution in [2.24, 2.45) is 0 Å². The molecule has 3 aromatic carbocycles. The van der Waals surface area contributed by atoms with Crippen LogP contribution in [0.3, 0.4) is 0 Å². The number of aromatic nitrogens is 2. The minimum absolute atomic E-state index is 0.284. The lowest BCUT2D eigenvalue weighted by Crippen LogP contribution is -2.29. The Kier molecular flexibility index (Phi) is 3.69. The lowest BCUT2D eigenvalue weighted by Gasteiger charge is -2.11. The Balaban J connectivity index is 1.49. The fraction of sp³-hybridized carbons (Fsp3) is 0.0455. The molecule has 0 unspecified atom stereocenters. The first-order valence-corrected chi connectivity index (χ1v) is 8.85. The lowest BCUT2D eigenvalue weighted by molar-refractivity contribution is 0.0925. The maximum Gasteiger partial charge on any atom is 0.267 e. The zero-order valence-electron chi connectivity index (χ0n) is 14.8. The molecule has 0 saturated carbocycles. The molecule has 4 aromatic rings. The molecular weight excluding hydrogens is 354 g/mol. The number of nitrogens with zero attached hydrogens (tertiary/aromatic N) is 2. The highest BCUT2D eigenvalue weighted by atomic mass is 16.5. The third-order valence-electron chi connectivity index (χ3n) is 4.77. The fourth-order valence-corrected chi connectivity index (χ4v) is 3.36. The summed E-state index contributed by atoms with van der Waals surface area (Å²) in [5, 5.41) is 7.76. The van der Waals surface area contributed by atoms with Crippen molar-refractivity contribution in [3.05, 3.63) is 89.5 Å². The Bertz CT molecular complexity index is 1180. The molecule has 6 nitrogen and oxygen atoms in total. The number of carbonyl (C=O) groups is 2. The van der Waals surface area contributed by atoms with Gasteiger partial charge in [-0.05, 0) is 35.9 Å². The summed E-state index contributed by atoms with van der Waals surface area (Å²) in [7, 11) is 0. The fourth-order valence-electron chi connectivity index (χ4n) is 3.36. The van der Waals surface area contributed by atoms with Gasteiger partial charge in [0.25, 0.3) is 11.8 Å². The predicted molar refractivity (Wildman–Crippen MR) is 104 cm³/mol. The minimum Gasteiger partial charge on any atom is -0.489 e. The van der Waals surface area contributed by atoms with Crippen molar-refractivity contribution in [1.29, 1.82) is 0 Å². The highest BCUT2D eigenvalue weighted by molar-refractivity contribution is 6.35. The standard InChI is InChI=1S/C22H15N3O3/c26-21-16-8-4-5-9-17(16)22(27)25(21)20-18-12-15(10-11-19(18)23-24-20)28-13-14-6-2-1-3-7-14/h1-12H,13H2,(H,23,24). The number of ether oxygens (including phenoxy) is 1. The molecule has 0 fully saturated rings. The van der Waals surface area contributed by atoms with Crippen LogP contribution in [-0.2, 0) is 6.61 Å². The smallest absolute Gasteiger partial charge is 0.267 e. The van der Waals surface area contributed by atoms with Crippen LogP contribution in [0.1, 0.15) is 26.3 Å². The van der Waals surface area contributed by atoms with E-state index in [-0.39, 0.29) is 17.6 Å². The maximum atomic E-state index is 12.8. The van der Waals surface area contributed by atoms with E-state index >= 15 is 0 Å². The topological polar surface area (TPSA) is 75.3 Å². The number of H-pyrrole nitrogens is 1. The normalized spacial score (nSPS) is 13.2. The first-order valence-electron chi connectivity index (χ1n) is 8.85. The Labute approximate surface area is 160 Å². The van der Waals surface area contributed by atoms with Gasteiger partial charge in [0.15, 0.2) is 5.82 Å². The summed E-state index contributed by atoms with van der Waals surface area (Å²) in [5.41, 5.74) is 2.55. The number of amides is 2. The van der Waals surface area contributed by atoms with Crippen LogP contribution < -0.4 is 9.64 Å². The molecule has 0 bridgehead atoms. The Morgan fingerprint density at radius 1 is 0.857 bits per heavy atom. The Morgan fingerprint density at radius 2 is 1.54 bits per heavy atom. The molecule has 0 radical (unpaired) electrons. The number of aromatic amines is 1. The summed E-state index contributed by atoms with van der Waals surface area (Å²) in [6.45, 7) is 0.423. The second-order valence-corrected chi connectivity index (χ2v) is 6.52. The number of rotatable bonds is 4. The number of fused-ring (bicyclic) bond motifs is 2. The number of anilines is 1. The van der Waals surface area contributed by atoms with Gasteiger partial charge in [-0.2, -0.15) is 5.10 Å². The number of benzene rings is 3. The van der Waals surface area contributed by atoms with E-state index in [4.69, 9.17) is 4.74 Å². The van der Waals surface area contributed by atoms with E-state index in [9.17, 15) is 9.59 Å². The summed E-state index contributed by atoms with van der Waals surface area (Å²) >= 11 is 0. The van der Waals surface area contributed by atoms with Gasteiger partial charge in [0.05, 0.1) is 16.6 Å². The molecule has 0 atom stereocenters. The molecule has 6 heteroatoms. The third kappa shape index (κ3) is 2.54. The molecule has 1 N–H and O–H groups in total. The van der Waals surface area contributed by atoms with Crippen LogP contribution in [0.2, 0.25) is 0 Å². The first-order chi connectivity index (χ1) is 13.7. The molecule has 0 aliphatic carbocycles. The summed E-state index contributed by atoms with van der Waals surface area (Å²) in [5.74, 6) is 0.177. The van der Waals surface area contributed by atoms with E-state index in [1.807, 2.05) is 42.5 Å². The molecule has 2 amide bonds. The lowest BCUT2D eigenvalue weighted by atomic mass is 10.1. The first kappa shape index (κ1) is 16.3. The van der Waals surface area contributed by atoms with Gasteiger partial charge < -0.3 is 4.74 Å². The predicted octanol–water partition coefficient (Wildman–Crippen LogP) is 3.94. The molecule has 28 heavy (non-hydrogen) atoms. The van der Waals surface area contributed by atoms with Gasteiger partial charge in [0, 0.05) is 5.39 Å². The average Bonchev–Trinajstić information content (AvgIpc) is 3.26. The van der Waals surface area contributed by atoms with Crippen molar-refractivity contribution in [2.75, 3.05) is 4.90 Å². The number of hydrogen-bond acceptors (Lipinski definition) is 4. The van der Waals surface area contributed by atoms with E-state index in [1.165, 1.54) is 0 Å². The van der Waals surface area contributed by atoms with Gasteiger partial charge in [0.1, 0.15) is 12.4 Å². The van der Waals surface area contributed by atoms with Crippen LogP contribution in [0, 0.1) is 0 Å². The van der Waals surface area contributed by atoms with Gasteiger partial charge in [0.2, 0.25) is 0 Å². The van der Waals surface area contributed by atoms with E-state index in [2.05, 4.69) is 10.2 Å². The second-order valence-electron chi connectivity index (χ2n) is 6.52. The molecule has 0 spiro atoms. The van der Waals surface area contributed by atoms with E-state index in [1.54, 1.807) is 30.3 Å². The maximum absolute atomic E-state index is 12.8. The van der Waals surface area contributed by atoms with Crippen LogP contribution in [-0.4, -0.2) is 22.0 Å². The molecule has 2 heterocycles. The van der Waals surface area contributed by atoms with Crippen LogP contribution in [0.4, 0.5) is 5.82 Å². The molecule has 1 aliphatic heterocycles. The third-order valence-corrected chi connectivity index (χ3v) is 4.77. The molecule has 1 aliphatic rings. The number of carbonyl (C=O) groups excluding carboxylic acids is 2. The summed E-state index contributed by atoms with van der Waals surface area (Å²) in [4.78, 5) is 26.6. The highest BCUT2D eigenvalue weighted by Crippen LogP contribution is 2.33. The van der Waals surface area contributed by atoms with Crippen molar-refractivity contribution in [3.63, 3.8) is 0 Å². The molecule has 1 aromatic heterocycles. The van der Waals surface area contributed by atoms with Crippen LogP contribution >= 0.6 is 0 Å². The quantitative estimate of drug-likeness (QED) is 0.553. The zero-order chi connectivity index (χ0) is 19.1. The van der Waals surface area contributed by atoms with Crippen molar-refractivity contribution < 1.29 is 14.3 Å². The average molecular weight is 369 g/mol. The molecule has 136 valence electrons. The van der Waals surface area contributed by atoms with Crippen molar-refractivity contribution >= 4 is 28.5 Å². The Hall–Kier alpha value is -3.93. The van der Waals surface area contributed by atoms with Crippen LogP contribution in [0.5, 0.6) is 5.75 Å². The largest absolute Gasteiger partial charge is 0.489 e. The monoisotopic (exact) mass is 369 g/mol. The van der Waals surface area contributed by atoms with Gasteiger partial charge >= 0.3 is 0 Å². The van der Waals surface area contributed by atoms with Gasteiger partial charge in [-0.15, -0.1) is 0 Å². The van der Waals surface area contributed by atoms with Crippen molar-refractivity contribution in [3.8, 4) is 5.75 Å².